The van der Waals surface area contributed by atoms with Crippen molar-refractivity contribution in [2.24, 2.45) is 16.8 Å². The first kappa shape index (κ1) is 22.0. The van der Waals surface area contributed by atoms with Gasteiger partial charge in [-0.25, -0.2) is 0 Å². The van der Waals surface area contributed by atoms with Crippen molar-refractivity contribution in [3.63, 3.8) is 0 Å². The van der Waals surface area contributed by atoms with E-state index in [9.17, 15) is 4.79 Å². The largest absolute Gasteiger partial charge is 0.466 e. The van der Waals surface area contributed by atoms with Crippen LogP contribution in [-0.4, -0.2) is 74.1 Å². The van der Waals surface area contributed by atoms with E-state index in [1.807, 2.05) is 6.92 Å². The third-order valence-corrected chi connectivity index (χ3v) is 5.70. The van der Waals surface area contributed by atoms with Gasteiger partial charge in [0.05, 0.1) is 12.5 Å². The van der Waals surface area contributed by atoms with Crippen LogP contribution in [0.15, 0.2) is 4.99 Å². The summed E-state index contributed by atoms with van der Waals surface area (Å²) in [5, 5.41) is 3.40. The molecule has 27 heavy (non-hydrogen) atoms. The van der Waals surface area contributed by atoms with Crippen molar-refractivity contribution >= 4 is 11.9 Å². The smallest absolute Gasteiger partial charge is 0.310 e. The number of likely N-dealkylation sites (tertiary alicyclic amines) is 2. The Morgan fingerprint density at radius 2 is 1.93 bits per heavy atom. The maximum atomic E-state index is 12.1. The summed E-state index contributed by atoms with van der Waals surface area (Å²) in [6, 6.07) is 0. The molecule has 0 amide bonds. The van der Waals surface area contributed by atoms with Crippen LogP contribution in [0.4, 0.5) is 0 Å². The lowest BCUT2D eigenvalue weighted by Gasteiger charge is -2.34. The summed E-state index contributed by atoms with van der Waals surface area (Å²) in [6.45, 7) is 13.9. The normalized spacial score (nSPS) is 22.7. The van der Waals surface area contributed by atoms with E-state index in [-0.39, 0.29) is 11.9 Å². The highest BCUT2D eigenvalue weighted by Gasteiger charge is 2.28. The van der Waals surface area contributed by atoms with Crippen molar-refractivity contribution in [2.45, 2.75) is 59.3 Å². The summed E-state index contributed by atoms with van der Waals surface area (Å²) in [7, 11) is 0. The molecule has 6 heteroatoms. The molecule has 2 fully saturated rings. The van der Waals surface area contributed by atoms with Gasteiger partial charge in [-0.3, -0.25) is 9.79 Å². The van der Waals surface area contributed by atoms with Crippen molar-refractivity contribution in [3.8, 4) is 0 Å². The minimum absolute atomic E-state index is 0.0240. The summed E-state index contributed by atoms with van der Waals surface area (Å²) < 4.78 is 5.22. The van der Waals surface area contributed by atoms with Gasteiger partial charge in [0, 0.05) is 26.2 Å². The molecule has 0 spiro atoms. The predicted octanol–water partition coefficient (Wildman–Crippen LogP) is 2.74. The molecule has 0 aliphatic carbocycles. The van der Waals surface area contributed by atoms with E-state index in [0.717, 1.165) is 57.3 Å². The van der Waals surface area contributed by atoms with Gasteiger partial charge < -0.3 is 19.9 Å². The topological polar surface area (TPSA) is 57.2 Å². The van der Waals surface area contributed by atoms with Crippen LogP contribution in [-0.2, 0) is 9.53 Å². The zero-order chi connectivity index (χ0) is 19.5. The van der Waals surface area contributed by atoms with E-state index in [1.54, 1.807) is 0 Å². The van der Waals surface area contributed by atoms with Crippen LogP contribution in [0.2, 0.25) is 0 Å². The highest BCUT2D eigenvalue weighted by Crippen LogP contribution is 2.18. The van der Waals surface area contributed by atoms with E-state index >= 15 is 0 Å². The molecule has 2 aliphatic heterocycles. The number of carbonyl (C=O) groups is 1. The number of rotatable bonds is 8. The van der Waals surface area contributed by atoms with E-state index in [0.29, 0.717) is 6.61 Å². The molecule has 0 aromatic heterocycles. The molecule has 6 nitrogen and oxygen atoms in total. The molecule has 0 radical (unpaired) electrons. The van der Waals surface area contributed by atoms with Gasteiger partial charge in [0.1, 0.15) is 0 Å². The summed E-state index contributed by atoms with van der Waals surface area (Å²) in [5.41, 5.74) is 0. The number of piperidine rings is 2. The molecule has 1 unspecified atom stereocenters. The highest BCUT2D eigenvalue weighted by atomic mass is 16.5. The molecule has 2 aliphatic rings. The van der Waals surface area contributed by atoms with Crippen LogP contribution in [0, 0.1) is 11.8 Å². The monoisotopic (exact) mass is 380 g/mol. The van der Waals surface area contributed by atoms with Crippen LogP contribution < -0.4 is 5.32 Å². The highest BCUT2D eigenvalue weighted by molar-refractivity contribution is 5.81. The second-order valence-corrected chi connectivity index (χ2v) is 8.00. The number of unbranched alkanes of at least 4 members (excludes halogenated alkanes) is 1. The van der Waals surface area contributed by atoms with Gasteiger partial charge in [0.25, 0.3) is 0 Å². The Hall–Kier alpha value is -1.30. The Kier molecular flexibility index (Phi) is 9.95. The average Bonchev–Trinajstić information content (AvgIpc) is 2.68. The number of ether oxygens (including phenoxy) is 1. The third kappa shape index (κ3) is 7.68. The van der Waals surface area contributed by atoms with Crippen LogP contribution in [0.1, 0.15) is 59.3 Å². The minimum atomic E-state index is -0.0612. The Morgan fingerprint density at radius 3 is 2.63 bits per heavy atom. The van der Waals surface area contributed by atoms with Gasteiger partial charge in [0.2, 0.25) is 0 Å². The molecule has 0 saturated carbocycles. The van der Waals surface area contributed by atoms with Crippen LogP contribution in [0.25, 0.3) is 0 Å². The van der Waals surface area contributed by atoms with Gasteiger partial charge in [-0.05, 0) is 77.9 Å². The molecule has 1 atom stereocenters. The Bertz CT molecular complexity index is 461. The van der Waals surface area contributed by atoms with Crippen molar-refractivity contribution < 1.29 is 9.53 Å². The first-order valence-electron chi connectivity index (χ1n) is 11.1. The van der Waals surface area contributed by atoms with Crippen molar-refractivity contribution in [1.29, 1.82) is 0 Å². The molecule has 2 rings (SSSR count). The first-order valence-corrected chi connectivity index (χ1v) is 11.1. The van der Waals surface area contributed by atoms with Crippen molar-refractivity contribution in [3.05, 3.63) is 0 Å². The van der Waals surface area contributed by atoms with Crippen LogP contribution >= 0.6 is 0 Å². The maximum absolute atomic E-state index is 12.1. The Labute approximate surface area is 165 Å². The van der Waals surface area contributed by atoms with Gasteiger partial charge in [-0.1, -0.05) is 6.92 Å². The lowest BCUT2D eigenvalue weighted by Crippen LogP contribution is -2.48. The zero-order valence-corrected chi connectivity index (χ0v) is 17.7. The molecular formula is C21H40N4O2. The Morgan fingerprint density at radius 1 is 1.15 bits per heavy atom. The molecule has 1 N–H and O–H groups in total. The number of aliphatic imine (C=N–C) groups is 1. The van der Waals surface area contributed by atoms with Crippen LogP contribution in [0.3, 0.4) is 0 Å². The Balaban J connectivity index is 1.75. The summed E-state index contributed by atoms with van der Waals surface area (Å²) in [5.74, 6) is 1.77. The first-order chi connectivity index (χ1) is 13.1. The lowest BCUT2D eigenvalue weighted by atomic mass is 9.98. The molecule has 156 valence electrons. The number of guanidine groups is 1. The lowest BCUT2D eigenvalue weighted by molar-refractivity contribution is -0.149. The fourth-order valence-corrected chi connectivity index (χ4v) is 3.97. The van der Waals surface area contributed by atoms with E-state index in [2.05, 4.69) is 29.0 Å². The number of nitrogens with one attached hydrogen (secondary N) is 1. The second kappa shape index (κ2) is 12.2. The number of hydrogen-bond acceptors (Lipinski definition) is 4. The summed E-state index contributed by atoms with van der Waals surface area (Å²) in [4.78, 5) is 21.7. The SMILES string of the molecule is CCNC(=NCCCCN1CCC(C)CC1)N1CCCC(C(=O)OCC)C1. The average molecular weight is 381 g/mol. The summed E-state index contributed by atoms with van der Waals surface area (Å²) >= 11 is 0. The van der Waals surface area contributed by atoms with Gasteiger partial charge >= 0.3 is 5.97 Å². The fraction of sp³-hybridized carbons (Fsp3) is 0.905. The minimum Gasteiger partial charge on any atom is -0.466 e. The van der Waals surface area contributed by atoms with E-state index < -0.39 is 0 Å². The zero-order valence-electron chi connectivity index (χ0n) is 17.7. The maximum Gasteiger partial charge on any atom is 0.310 e. The fourth-order valence-electron chi connectivity index (χ4n) is 3.97. The summed E-state index contributed by atoms with van der Waals surface area (Å²) in [6.07, 6.45) is 6.96. The molecule has 0 bridgehead atoms. The van der Waals surface area contributed by atoms with Gasteiger partial charge in [0.15, 0.2) is 5.96 Å². The second-order valence-electron chi connectivity index (χ2n) is 8.00. The number of esters is 1. The van der Waals surface area contributed by atoms with E-state index in [1.165, 1.54) is 38.9 Å². The third-order valence-electron chi connectivity index (χ3n) is 5.70. The quantitative estimate of drug-likeness (QED) is 0.304. The number of hydrogen-bond donors (Lipinski definition) is 1. The van der Waals surface area contributed by atoms with Crippen LogP contribution in [0.5, 0.6) is 0 Å². The van der Waals surface area contributed by atoms with Gasteiger partial charge in [-0.2, -0.15) is 0 Å². The molecule has 2 heterocycles. The number of nitrogens with zero attached hydrogens (tertiary/aromatic N) is 3. The molecular weight excluding hydrogens is 340 g/mol. The van der Waals surface area contributed by atoms with E-state index in [4.69, 9.17) is 9.73 Å². The van der Waals surface area contributed by atoms with Crippen molar-refractivity contribution in [2.75, 3.05) is 52.4 Å². The number of carbonyl (C=O) groups excluding carboxylic acids is 1. The van der Waals surface area contributed by atoms with Gasteiger partial charge in [-0.15, -0.1) is 0 Å². The molecule has 2 saturated heterocycles. The molecule has 0 aromatic rings. The molecule has 0 aromatic carbocycles. The van der Waals surface area contributed by atoms with Crippen molar-refractivity contribution in [1.82, 2.24) is 15.1 Å². The predicted molar refractivity (Wildman–Crippen MR) is 111 cm³/mol. The standard InChI is InChI=1S/C21H40N4O2/c1-4-22-21(25-14-8-9-19(17-25)20(26)27-5-2)23-12-6-7-13-24-15-10-18(3)11-16-24/h18-19H,4-17H2,1-3H3,(H,22,23).